The third kappa shape index (κ3) is 2.61. The number of benzene rings is 1. The number of imide groups is 2. The highest BCUT2D eigenvalue weighted by Crippen LogP contribution is 2.42. The van der Waals surface area contributed by atoms with E-state index in [0.29, 0.717) is 9.80 Å². The molecule has 9 heteroatoms. The molecule has 0 spiro atoms. The summed E-state index contributed by atoms with van der Waals surface area (Å²) in [7, 11) is 2.09. The summed E-state index contributed by atoms with van der Waals surface area (Å²) in [6, 6.07) is 5.74. The normalized spacial score (nSPS) is 18.1. The first-order chi connectivity index (χ1) is 11.1. The van der Waals surface area contributed by atoms with Gasteiger partial charge < -0.3 is 5.11 Å². The number of carbonyl (C=O) groups is 4. The van der Waals surface area contributed by atoms with E-state index in [1.807, 2.05) is 0 Å². The van der Waals surface area contributed by atoms with Crippen LogP contribution in [0.15, 0.2) is 30.3 Å². The molecule has 1 heterocycles. The molecule has 0 radical (unpaired) electrons. The third-order valence-electron chi connectivity index (χ3n) is 3.93. The third-order valence-corrected chi connectivity index (χ3v) is 3.93. The molecule has 128 valence electrons. The number of rotatable bonds is 4. The minimum Gasteiger partial charge on any atom is -0.477 e. The van der Waals surface area contributed by atoms with E-state index in [1.54, 1.807) is 0 Å². The van der Waals surface area contributed by atoms with Crippen LogP contribution in [0.5, 0.6) is 0 Å². The number of hydrogen-bond acceptors (Lipinski definition) is 4. The first kappa shape index (κ1) is 17.5. The summed E-state index contributed by atoms with van der Waals surface area (Å²) >= 11 is 0. The molecule has 1 aromatic rings. The van der Waals surface area contributed by atoms with Gasteiger partial charge in [-0.2, -0.15) is 8.78 Å². The summed E-state index contributed by atoms with van der Waals surface area (Å²) in [5.41, 5.74) is -0.187. The average Bonchev–Trinajstić information content (AvgIpc) is 2.55. The van der Waals surface area contributed by atoms with Crippen LogP contribution in [0, 0.1) is 5.92 Å². The molecule has 1 aliphatic rings. The van der Waals surface area contributed by atoms with Gasteiger partial charge in [0.25, 0.3) is 0 Å². The van der Waals surface area contributed by atoms with Crippen molar-refractivity contribution in [2.45, 2.75) is 11.8 Å². The van der Waals surface area contributed by atoms with Crippen molar-refractivity contribution in [1.82, 2.24) is 9.80 Å². The Kier molecular flexibility index (Phi) is 4.37. The van der Waals surface area contributed by atoms with Crippen molar-refractivity contribution in [1.29, 1.82) is 0 Å². The monoisotopic (exact) mass is 340 g/mol. The first-order valence-electron chi connectivity index (χ1n) is 6.86. The Labute approximate surface area is 135 Å². The summed E-state index contributed by atoms with van der Waals surface area (Å²) in [6.07, 6.45) is 0. The minimum absolute atomic E-state index is 0.187. The Morgan fingerprint density at radius 3 is 1.96 bits per heavy atom. The minimum atomic E-state index is -4.39. The van der Waals surface area contributed by atoms with Gasteiger partial charge in [-0.3, -0.25) is 19.4 Å². The zero-order valence-electron chi connectivity index (χ0n) is 12.8. The molecule has 4 amide bonds. The van der Waals surface area contributed by atoms with E-state index in [-0.39, 0.29) is 5.56 Å². The lowest BCUT2D eigenvalue weighted by molar-refractivity contribution is -0.174. The van der Waals surface area contributed by atoms with E-state index in [1.165, 1.54) is 30.3 Å². The van der Waals surface area contributed by atoms with Crippen molar-refractivity contribution >= 4 is 23.8 Å². The number of urea groups is 1. The molecule has 0 aromatic heterocycles. The van der Waals surface area contributed by atoms with Gasteiger partial charge in [0.1, 0.15) is 5.92 Å². The van der Waals surface area contributed by atoms with Gasteiger partial charge >= 0.3 is 17.9 Å². The molecule has 1 atom stereocenters. The zero-order valence-corrected chi connectivity index (χ0v) is 12.8. The summed E-state index contributed by atoms with van der Waals surface area (Å²) in [5.74, 6) is -13.4. The molecule has 1 aliphatic heterocycles. The van der Waals surface area contributed by atoms with Gasteiger partial charge in [0.15, 0.2) is 0 Å². The van der Waals surface area contributed by atoms with Crippen LogP contribution in [0.25, 0.3) is 0 Å². The van der Waals surface area contributed by atoms with E-state index in [0.717, 1.165) is 14.1 Å². The number of halogens is 2. The van der Waals surface area contributed by atoms with Crippen molar-refractivity contribution in [3.63, 3.8) is 0 Å². The molecule has 0 saturated carbocycles. The van der Waals surface area contributed by atoms with Crippen molar-refractivity contribution < 1.29 is 33.1 Å². The molecular weight excluding hydrogens is 326 g/mol. The maximum absolute atomic E-state index is 14.4. The fourth-order valence-corrected chi connectivity index (χ4v) is 2.63. The number of barbiturate groups is 1. The van der Waals surface area contributed by atoms with Gasteiger partial charge in [-0.1, -0.05) is 30.3 Å². The van der Waals surface area contributed by atoms with Crippen molar-refractivity contribution in [3.05, 3.63) is 35.9 Å². The molecule has 1 aromatic carbocycles. The lowest BCUT2D eigenvalue weighted by Gasteiger charge is -2.38. The fraction of sp³-hybridized carbons (Fsp3) is 0.333. The van der Waals surface area contributed by atoms with Gasteiger partial charge in [-0.25, -0.2) is 9.59 Å². The van der Waals surface area contributed by atoms with E-state index in [9.17, 15) is 28.0 Å². The summed E-state index contributed by atoms with van der Waals surface area (Å²) in [5, 5.41) is 8.89. The second kappa shape index (κ2) is 5.99. The van der Waals surface area contributed by atoms with E-state index in [4.69, 9.17) is 5.11 Å². The Morgan fingerprint density at radius 2 is 1.54 bits per heavy atom. The molecule has 1 N–H and O–H groups in total. The van der Waals surface area contributed by atoms with Crippen molar-refractivity contribution in [2.24, 2.45) is 5.92 Å². The average molecular weight is 340 g/mol. The van der Waals surface area contributed by atoms with Gasteiger partial charge in [0, 0.05) is 14.1 Å². The second-order valence-electron chi connectivity index (χ2n) is 5.37. The summed E-state index contributed by atoms with van der Waals surface area (Å²) < 4.78 is 28.7. The number of aliphatic carboxylic acids is 1. The van der Waals surface area contributed by atoms with Crippen LogP contribution >= 0.6 is 0 Å². The van der Waals surface area contributed by atoms with Crippen molar-refractivity contribution in [3.8, 4) is 0 Å². The lowest BCUT2D eigenvalue weighted by atomic mass is 9.78. The molecule has 1 unspecified atom stereocenters. The maximum Gasteiger partial charge on any atom is 0.375 e. The van der Waals surface area contributed by atoms with Crippen LogP contribution in [0.4, 0.5) is 13.6 Å². The molecule has 0 aliphatic carbocycles. The van der Waals surface area contributed by atoms with Crippen LogP contribution < -0.4 is 0 Å². The Hall–Kier alpha value is -2.84. The topological polar surface area (TPSA) is 95.0 Å². The molecular formula is C15H14F2N2O5. The van der Waals surface area contributed by atoms with Crippen LogP contribution in [0.1, 0.15) is 11.5 Å². The highest BCUT2D eigenvalue weighted by atomic mass is 19.3. The molecule has 0 bridgehead atoms. The first-order valence-corrected chi connectivity index (χ1v) is 6.86. The fourth-order valence-electron chi connectivity index (χ4n) is 2.63. The lowest BCUT2D eigenvalue weighted by Crippen LogP contribution is -2.60. The molecule has 2 rings (SSSR count). The van der Waals surface area contributed by atoms with Gasteiger partial charge in [-0.05, 0) is 5.56 Å². The zero-order chi connectivity index (χ0) is 18.2. The molecule has 1 fully saturated rings. The smallest absolute Gasteiger partial charge is 0.375 e. The maximum atomic E-state index is 14.4. The second-order valence-corrected chi connectivity index (χ2v) is 5.37. The molecule has 24 heavy (non-hydrogen) atoms. The van der Waals surface area contributed by atoms with Crippen LogP contribution in [-0.4, -0.2) is 58.7 Å². The van der Waals surface area contributed by atoms with Gasteiger partial charge in [-0.15, -0.1) is 0 Å². The van der Waals surface area contributed by atoms with Gasteiger partial charge in [0.05, 0.1) is 5.92 Å². The Balaban J connectivity index is 2.63. The van der Waals surface area contributed by atoms with E-state index >= 15 is 0 Å². The Morgan fingerprint density at radius 1 is 1.08 bits per heavy atom. The Bertz CT molecular complexity index is 683. The number of amides is 4. The van der Waals surface area contributed by atoms with Gasteiger partial charge in [0.2, 0.25) is 11.8 Å². The van der Waals surface area contributed by atoms with Crippen molar-refractivity contribution in [2.75, 3.05) is 14.1 Å². The SMILES string of the molecule is CN1C(=O)C(C(c2ccccc2)C(F)(F)C(=O)O)C(=O)N(C)C1=O. The summed E-state index contributed by atoms with van der Waals surface area (Å²) in [6.45, 7) is 0. The number of carbonyl (C=O) groups excluding carboxylic acids is 3. The van der Waals surface area contributed by atoms with Crippen LogP contribution in [-0.2, 0) is 14.4 Å². The number of nitrogens with zero attached hydrogens (tertiary/aromatic N) is 2. The standard InChI is InChI=1S/C15H14F2N2O5/c1-18-11(20)9(12(21)19(2)14(18)24)10(15(16,17)13(22)23)8-6-4-3-5-7-8/h3-7,9-10H,1-2H3,(H,22,23). The molecule has 7 nitrogen and oxygen atoms in total. The number of alkyl halides is 2. The van der Waals surface area contributed by atoms with E-state index < -0.39 is 41.6 Å². The number of hydrogen-bond donors (Lipinski definition) is 1. The summed E-state index contributed by atoms with van der Waals surface area (Å²) in [4.78, 5) is 48.5. The number of carboxylic acids is 1. The molecule has 1 saturated heterocycles. The van der Waals surface area contributed by atoms with Crippen LogP contribution in [0.2, 0.25) is 0 Å². The highest BCUT2D eigenvalue weighted by Gasteiger charge is 2.59. The number of carboxylic acid groups (broad SMARTS) is 1. The predicted molar refractivity (Wildman–Crippen MR) is 76.2 cm³/mol. The predicted octanol–water partition coefficient (Wildman–Crippen LogP) is 1.16. The largest absolute Gasteiger partial charge is 0.477 e. The van der Waals surface area contributed by atoms with Crippen LogP contribution in [0.3, 0.4) is 0 Å². The highest BCUT2D eigenvalue weighted by molar-refractivity contribution is 6.16. The van der Waals surface area contributed by atoms with E-state index in [2.05, 4.69) is 0 Å². The quantitative estimate of drug-likeness (QED) is 0.830.